The standard InChI is InChI=1S/C25H18NS.C13H24O2.Ir/c1-12-13(2)17-8-9-26-25-21-11-22-19(14(3)15(4)27-22)10-20(21)18-7-5-6-16(12)23(18)24(17)25;1-5-10(6-2)12(14)9-13(15)11(7-3)8-4;/h5-10H,1-4H3;9-11,14H,5-8H2,1-4H3;/q-1;;/b;12-9-;. The van der Waals surface area contributed by atoms with Crippen LogP contribution in [0.3, 0.4) is 0 Å². The van der Waals surface area contributed by atoms with Crippen molar-refractivity contribution < 1.29 is 30.0 Å². The molecule has 0 saturated carbocycles. The molecule has 2 aromatic heterocycles. The third-order valence-electron chi connectivity index (χ3n) is 9.47. The van der Waals surface area contributed by atoms with Crippen LogP contribution in [0, 0.1) is 45.6 Å². The van der Waals surface area contributed by atoms with E-state index in [2.05, 4.69) is 64.1 Å². The summed E-state index contributed by atoms with van der Waals surface area (Å²) in [6.45, 7) is 17.0. The van der Waals surface area contributed by atoms with Crippen LogP contribution in [0.1, 0.15) is 74.9 Å². The SMILES string of the molecule is CCC(CC)C(=O)/C=C(\O)C(CC)CC.Cc1sc2[c-]c3c(cc2c1C)c1cccc2c(C)c(C)c4ccnc3c4c21.[Ir]. The fourth-order valence-corrected chi connectivity index (χ4v) is 7.51. The van der Waals surface area contributed by atoms with E-state index in [4.69, 9.17) is 4.98 Å². The number of rotatable bonds is 7. The summed E-state index contributed by atoms with van der Waals surface area (Å²) in [5, 5.41) is 20.1. The number of hydrogen-bond donors (Lipinski definition) is 1. The molecule has 0 aliphatic heterocycles. The van der Waals surface area contributed by atoms with Crippen molar-refractivity contribution in [2.24, 2.45) is 11.8 Å². The number of hydrogen-bond acceptors (Lipinski definition) is 4. The van der Waals surface area contributed by atoms with Crippen molar-refractivity contribution in [1.82, 2.24) is 4.98 Å². The van der Waals surface area contributed by atoms with Gasteiger partial charge in [-0.05, 0) is 107 Å². The first-order chi connectivity index (χ1) is 20.2. The van der Waals surface area contributed by atoms with Gasteiger partial charge in [0.2, 0.25) is 0 Å². The Bertz CT molecular complexity index is 1960. The summed E-state index contributed by atoms with van der Waals surface area (Å²) >= 11 is 1.84. The second-order valence-corrected chi connectivity index (χ2v) is 12.9. The molecule has 0 fully saturated rings. The van der Waals surface area contributed by atoms with Crippen LogP contribution in [0.15, 0.2) is 48.4 Å². The third kappa shape index (κ3) is 5.72. The number of aliphatic hydroxyl groups excluding tert-OH is 1. The minimum atomic E-state index is 0. The molecule has 4 aromatic carbocycles. The van der Waals surface area contributed by atoms with Crippen LogP contribution in [-0.4, -0.2) is 15.9 Å². The molecule has 0 unspecified atom stereocenters. The van der Waals surface area contributed by atoms with Gasteiger partial charge in [-0.2, -0.15) is 11.3 Å². The van der Waals surface area contributed by atoms with Crippen molar-refractivity contribution in [3.8, 4) is 0 Å². The molecule has 0 saturated heterocycles. The van der Waals surface area contributed by atoms with Crippen LogP contribution >= 0.6 is 11.3 Å². The Morgan fingerprint density at radius 2 is 1.44 bits per heavy atom. The molecule has 0 aliphatic rings. The summed E-state index contributed by atoms with van der Waals surface area (Å²) < 4.78 is 1.24. The molecule has 0 spiro atoms. The van der Waals surface area contributed by atoms with Crippen LogP contribution in [0.5, 0.6) is 0 Å². The van der Waals surface area contributed by atoms with Crippen molar-refractivity contribution >= 4 is 70.4 Å². The zero-order chi connectivity index (χ0) is 30.3. The second-order valence-electron chi connectivity index (χ2n) is 11.6. The number of thiophene rings is 1. The smallest absolute Gasteiger partial charge is 0.162 e. The Balaban J connectivity index is 0.000000230. The first-order valence-electron chi connectivity index (χ1n) is 15.4. The van der Waals surface area contributed by atoms with E-state index in [1.165, 1.54) is 70.0 Å². The Hall–Kier alpha value is -2.85. The van der Waals surface area contributed by atoms with E-state index in [1.54, 1.807) is 0 Å². The Morgan fingerprint density at radius 1 is 0.837 bits per heavy atom. The Labute approximate surface area is 273 Å². The summed E-state index contributed by atoms with van der Waals surface area (Å²) in [6, 6.07) is 15.0. The van der Waals surface area contributed by atoms with Gasteiger partial charge in [0.25, 0.3) is 0 Å². The maximum absolute atomic E-state index is 11.7. The number of pyridine rings is 1. The number of benzene rings is 4. The summed E-state index contributed by atoms with van der Waals surface area (Å²) in [5.74, 6) is 0.547. The molecular formula is C38H42IrNO2S-. The molecule has 43 heavy (non-hydrogen) atoms. The Kier molecular flexibility index (Phi) is 10.3. The van der Waals surface area contributed by atoms with E-state index in [1.807, 2.05) is 45.2 Å². The fraction of sp³-hybridized carbons (Fsp3) is 0.368. The molecular weight excluding hydrogens is 727 g/mol. The largest absolute Gasteiger partial charge is 0.512 e. The van der Waals surface area contributed by atoms with E-state index in [-0.39, 0.29) is 43.5 Å². The van der Waals surface area contributed by atoms with Crippen molar-refractivity contribution in [3.05, 3.63) is 76.0 Å². The zero-order valence-corrected chi connectivity index (χ0v) is 29.8. The predicted molar refractivity (Wildman–Crippen MR) is 182 cm³/mol. The minimum Gasteiger partial charge on any atom is -0.512 e. The molecule has 5 heteroatoms. The number of carbonyl (C=O) groups excluding carboxylic acids is 1. The maximum Gasteiger partial charge on any atom is 0.162 e. The normalized spacial score (nSPS) is 12.2. The molecule has 3 nitrogen and oxygen atoms in total. The molecule has 6 rings (SSSR count). The van der Waals surface area contributed by atoms with E-state index < -0.39 is 0 Å². The summed E-state index contributed by atoms with van der Waals surface area (Å²) in [5.41, 5.74) is 5.18. The first-order valence-corrected chi connectivity index (χ1v) is 16.2. The number of nitrogens with zero attached hydrogens (tertiary/aromatic N) is 1. The van der Waals surface area contributed by atoms with Crippen LogP contribution in [0.25, 0.3) is 53.3 Å². The topological polar surface area (TPSA) is 50.2 Å². The van der Waals surface area contributed by atoms with Gasteiger partial charge in [0, 0.05) is 44.2 Å². The molecule has 227 valence electrons. The van der Waals surface area contributed by atoms with Gasteiger partial charge in [0.15, 0.2) is 5.78 Å². The zero-order valence-electron chi connectivity index (χ0n) is 26.6. The summed E-state index contributed by atoms with van der Waals surface area (Å²) in [7, 11) is 0. The molecule has 1 N–H and O–H groups in total. The number of carbonyl (C=O) groups is 1. The van der Waals surface area contributed by atoms with Crippen molar-refractivity contribution in [2.75, 3.05) is 0 Å². The third-order valence-corrected chi connectivity index (χ3v) is 10.6. The predicted octanol–water partition coefficient (Wildman–Crippen LogP) is 11.2. The van der Waals surface area contributed by atoms with Gasteiger partial charge >= 0.3 is 0 Å². The number of fused-ring (bicyclic) bond motifs is 4. The van der Waals surface area contributed by atoms with Crippen LogP contribution in [0.2, 0.25) is 0 Å². The summed E-state index contributed by atoms with van der Waals surface area (Å²) in [4.78, 5) is 17.9. The second kappa shape index (κ2) is 13.4. The number of aliphatic hydroxyl groups is 1. The maximum atomic E-state index is 11.7. The first kappa shape index (κ1) is 33.1. The monoisotopic (exact) mass is 769 g/mol. The van der Waals surface area contributed by atoms with Crippen LogP contribution in [0.4, 0.5) is 0 Å². The van der Waals surface area contributed by atoms with Crippen molar-refractivity contribution in [3.63, 3.8) is 0 Å². The van der Waals surface area contributed by atoms with Gasteiger partial charge in [-0.25, -0.2) is 0 Å². The van der Waals surface area contributed by atoms with Gasteiger partial charge in [0.1, 0.15) is 0 Å². The van der Waals surface area contributed by atoms with Crippen molar-refractivity contribution in [1.29, 1.82) is 0 Å². The molecule has 0 bridgehead atoms. The molecule has 0 amide bonds. The molecule has 2 heterocycles. The van der Waals surface area contributed by atoms with E-state index >= 15 is 0 Å². The molecule has 1 radical (unpaired) electrons. The average Bonchev–Trinajstić information content (AvgIpc) is 3.27. The van der Waals surface area contributed by atoms with Gasteiger partial charge in [-0.15, -0.1) is 17.5 Å². The van der Waals surface area contributed by atoms with Crippen LogP contribution in [-0.2, 0) is 24.9 Å². The van der Waals surface area contributed by atoms with Crippen LogP contribution < -0.4 is 0 Å². The average molecular weight is 769 g/mol. The molecule has 6 aromatic rings. The summed E-state index contributed by atoms with van der Waals surface area (Å²) in [6.07, 6.45) is 6.86. The molecule has 0 atom stereocenters. The van der Waals surface area contributed by atoms with Crippen molar-refractivity contribution in [2.45, 2.75) is 81.1 Å². The number of allylic oxidation sites excluding steroid dienone is 2. The van der Waals surface area contributed by atoms with Gasteiger partial charge < -0.3 is 10.1 Å². The Morgan fingerprint density at radius 3 is 2.07 bits per heavy atom. The van der Waals surface area contributed by atoms with E-state index in [9.17, 15) is 9.90 Å². The quantitative estimate of drug-likeness (QED) is 0.0578. The van der Waals surface area contributed by atoms with Gasteiger partial charge in [0.05, 0.1) is 5.76 Å². The molecule has 0 aliphatic carbocycles. The van der Waals surface area contributed by atoms with E-state index in [0.29, 0.717) is 0 Å². The number of ketones is 1. The van der Waals surface area contributed by atoms with Gasteiger partial charge in [-0.1, -0.05) is 67.6 Å². The van der Waals surface area contributed by atoms with E-state index in [0.717, 1.165) is 36.6 Å². The number of aryl methyl sites for hydroxylation is 4. The fourth-order valence-electron chi connectivity index (χ4n) is 6.47. The minimum absolute atomic E-state index is 0. The number of aromatic nitrogens is 1. The van der Waals surface area contributed by atoms with Gasteiger partial charge in [-0.3, -0.25) is 4.79 Å².